The lowest BCUT2D eigenvalue weighted by atomic mass is 9.95. The second-order valence-corrected chi connectivity index (χ2v) is 10.4. The number of thiazole rings is 1. The topological polar surface area (TPSA) is 101 Å². The minimum absolute atomic E-state index is 0.0152. The number of methoxy groups -OCH3 is 1. The molecule has 0 bridgehead atoms. The number of nitrogens with two attached hydrogens (primary N) is 1. The van der Waals surface area contributed by atoms with Crippen LogP contribution in [0.1, 0.15) is 18.4 Å². The van der Waals surface area contributed by atoms with Gasteiger partial charge in [-0.25, -0.2) is 13.8 Å². The van der Waals surface area contributed by atoms with Crippen LogP contribution < -0.4 is 21.1 Å². The van der Waals surface area contributed by atoms with E-state index < -0.39 is 28.9 Å². The van der Waals surface area contributed by atoms with Crippen molar-refractivity contribution < 1.29 is 26.7 Å². The summed E-state index contributed by atoms with van der Waals surface area (Å²) in [5, 5.41) is 5.80. The summed E-state index contributed by atoms with van der Waals surface area (Å²) in [5.74, 6) is -1.96. The van der Waals surface area contributed by atoms with Gasteiger partial charge in [0.2, 0.25) is 0 Å². The molecule has 2 aliphatic rings. The number of hydrogen-bond donors (Lipinski definition) is 3. The molecule has 0 amide bonds. The first-order valence-corrected chi connectivity index (χ1v) is 13.0. The van der Waals surface area contributed by atoms with Crippen molar-refractivity contribution in [3.05, 3.63) is 35.4 Å². The first kappa shape index (κ1) is 27.2. The van der Waals surface area contributed by atoms with Crippen LogP contribution in [0.4, 0.5) is 32.9 Å². The third-order valence-corrected chi connectivity index (χ3v) is 7.52. The molecule has 0 aliphatic carbocycles. The number of nitrogens with zero attached hydrogens (tertiary/aromatic N) is 4. The highest BCUT2D eigenvalue weighted by molar-refractivity contribution is 7.22. The molecule has 0 unspecified atom stereocenters. The van der Waals surface area contributed by atoms with Crippen LogP contribution in [0.5, 0.6) is 6.01 Å². The second kappa shape index (κ2) is 10.7. The molecular formula is C25H26F5N7OS. The minimum atomic E-state index is -4.94. The molecule has 2 aliphatic heterocycles. The van der Waals surface area contributed by atoms with E-state index in [-0.39, 0.29) is 49.7 Å². The van der Waals surface area contributed by atoms with Gasteiger partial charge in [0.1, 0.15) is 17.2 Å². The van der Waals surface area contributed by atoms with E-state index in [0.29, 0.717) is 13.1 Å². The Kier molecular flexibility index (Phi) is 7.44. The van der Waals surface area contributed by atoms with Crippen LogP contribution in [0.3, 0.4) is 0 Å². The Morgan fingerprint density at radius 1 is 1.10 bits per heavy atom. The molecule has 0 radical (unpaired) electrons. The van der Waals surface area contributed by atoms with E-state index in [1.165, 1.54) is 33.0 Å². The fourth-order valence-corrected chi connectivity index (χ4v) is 5.31. The van der Waals surface area contributed by atoms with Gasteiger partial charge in [0.25, 0.3) is 0 Å². The third kappa shape index (κ3) is 5.40. The Balaban J connectivity index is 0.000000455. The van der Waals surface area contributed by atoms with Crippen molar-refractivity contribution in [1.29, 1.82) is 0 Å². The van der Waals surface area contributed by atoms with Crippen LogP contribution in [-0.2, 0) is 6.18 Å². The predicted molar refractivity (Wildman–Crippen MR) is 141 cm³/mol. The molecule has 2 saturated heterocycles. The summed E-state index contributed by atoms with van der Waals surface area (Å²) in [4.78, 5) is 14.4. The van der Waals surface area contributed by atoms with Gasteiger partial charge in [0.05, 0.1) is 28.9 Å². The summed E-state index contributed by atoms with van der Waals surface area (Å²) in [7, 11) is 3.44. The maximum atomic E-state index is 15.9. The van der Waals surface area contributed by atoms with E-state index >= 15 is 4.39 Å². The van der Waals surface area contributed by atoms with Gasteiger partial charge in [0.15, 0.2) is 10.9 Å². The van der Waals surface area contributed by atoms with Crippen LogP contribution in [0, 0.1) is 11.6 Å². The standard InChI is InChI=1S/C20H15F5N6OS.C5H11N/c1-32-19-30-14-9(17(31-19)28-7-5-27-6-7)4-10(20(23,24)25)12(13(14)22)8-2-3-11(21)16-15(8)29-18(26)33-16;1-6-4-2-3-5-6/h2-4,7,27H,5-6H2,1H3,(H2,26,29)(H,28,30,31);2-5H2,1H3. The molecule has 2 fully saturated rings. The Hall–Kier alpha value is -3.36. The summed E-state index contributed by atoms with van der Waals surface area (Å²) in [6.45, 7) is 3.78. The highest BCUT2D eigenvalue weighted by Gasteiger charge is 2.38. The summed E-state index contributed by atoms with van der Waals surface area (Å²) < 4.78 is 77.6. The van der Waals surface area contributed by atoms with Crippen LogP contribution in [0.25, 0.3) is 32.2 Å². The van der Waals surface area contributed by atoms with Crippen molar-refractivity contribution in [2.45, 2.75) is 25.1 Å². The molecule has 39 heavy (non-hydrogen) atoms. The number of anilines is 2. The second-order valence-electron chi connectivity index (χ2n) is 9.40. The first-order chi connectivity index (χ1) is 18.6. The van der Waals surface area contributed by atoms with Crippen LogP contribution in [0.15, 0.2) is 18.2 Å². The molecule has 0 atom stereocenters. The number of alkyl halides is 3. The summed E-state index contributed by atoms with van der Waals surface area (Å²) in [6.07, 6.45) is -2.12. The van der Waals surface area contributed by atoms with E-state index in [1.54, 1.807) is 0 Å². The van der Waals surface area contributed by atoms with Crippen molar-refractivity contribution in [3.8, 4) is 17.1 Å². The summed E-state index contributed by atoms with van der Waals surface area (Å²) >= 11 is 0.761. The quantitative estimate of drug-likeness (QED) is 0.300. The molecular weight excluding hydrogens is 541 g/mol. The SMILES string of the molecule is CN1CCCC1.COc1nc(NC2CNC2)c2cc(C(F)(F)F)c(-c3ccc(F)c4sc(N)nc34)c(F)c2n1. The van der Waals surface area contributed by atoms with E-state index in [0.717, 1.165) is 29.5 Å². The van der Waals surface area contributed by atoms with Crippen LogP contribution >= 0.6 is 11.3 Å². The average Bonchev–Trinajstić information content (AvgIpc) is 3.50. The number of benzene rings is 2. The molecule has 4 aromatic rings. The number of halogens is 5. The molecule has 0 spiro atoms. The van der Waals surface area contributed by atoms with Crippen molar-refractivity contribution in [3.63, 3.8) is 0 Å². The largest absolute Gasteiger partial charge is 0.467 e. The predicted octanol–water partition coefficient (Wildman–Crippen LogP) is 4.89. The van der Waals surface area contributed by atoms with E-state index in [4.69, 9.17) is 10.5 Å². The molecule has 8 nitrogen and oxygen atoms in total. The number of rotatable bonds is 4. The molecule has 208 valence electrons. The van der Waals surface area contributed by atoms with Gasteiger partial charge in [-0.1, -0.05) is 11.3 Å². The Bertz CT molecular complexity index is 1520. The van der Waals surface area contributed by atoms with E-state index in [2.05, 4.69) is 37.5 Å². The number of hydrogen-bond acceptors (Lipinski definition) is 9. The van der Waals surface area contributed by atoms with E-state index in [9.17, 15) is 17.6 Å². The minimum Gasteiger partial charge on any atom is -0.467 e. The lowest BCUT2D eigenvalue weighted by molar-refractivity contribution is -0.137. The lowest BCUT2D eigenvalue weighted by Crippen LogP contribution is -2.51. The maximum Gasteiger partial charge on any atom is 0.417 e. The van der Waals surface area contributed by atoms with Crippen molar-refractivity contribution in [1.82, 2.24) is 25.2 Å². The van der Waals surface area contributed by atoms with Crippen molar-refractivity contribution >= 4 is 43.4 Å². The molecule has 4 N–H and O–H groups in total. The zero-order valence-electron chi connectivity index (χ0n) is 21.1. The normalized spacial score (nSPS) is 16.3. The monoisotopic (exact) mass is 567 g/mol. The first-order valence-electron chi connectivity index (χ1n) is 12.2. The Morgan fingerprint density at radius 3 is 2.38 bits per heavy atom. The lowest BCUT2D eigenvalue weighted by Gasteiger charge is -2.29. The molecule has 4 heterocycles. The fourth-order valence-electron chi connectivity index (χ4n) is 4.55. The van der Waals surface area contributed by atoms with Gasteiger partial charge >= 0.3 is 12.2 Å². The van der Waals surface area contributed by atoms with Gasteiger partial charge in [-0.3, -0.25) is 0 Å². The van der Waals surface area contributed by atoms with Crippen molar-refractivity contribution in [2.75, 3.05) is 51.4 Å². The van der Waals surface area contributed by atoms with Gasteiger partial charge in [0, 0.05) is 29.6 Å². The van der Waals surface area contributed by atoms with Gasteiger partial charge in [-0.05, 0) is 51.2 Å². The highest BCUT2D eigenvalue weighted by Crippen LogP contribution is 2.45. The molecule has 14 heteroatoms. The number of nitrogens with one attached hydrogen (secondary N) is 2. The molecule has 6 rings (SSSR count). The van der Waals surface area contributed by atoms with E-state index in [1.807, 2.05) is 0 Å². The summed E-state index contributed by atoms with van der Waals surface area (Å²) in [6, 6.07) is 2.47. The maximum absolute atomic E-state index is 15.9. The fraction of sp³-hybridized carbons (Fsp3) is 0.400. The Labute approximate surface area is 224 Å². The molecule has 2 aromatic carbocycles. The zero-order chi connectivity index (χ0) is 27.9. The number of nitrogen functional groups attached to an aromatic ring is 1. The third-order valence-electron chi connectivity index (χ3n) is 6.63. The number of fused-ring (bicyclic) bond motifs is 2. The van der Waals surface area contributed by atoms with Crippen molar-refractivity contribution in [2.24, 2.45) is 0 Å². The van der Waals surface area contributed by atoms with Crippen LogP contribution in [-0.4, -0.2) is 66.2 Å². The molecule has 0 saturated carbocycles. The van der Waals surface area contributed by atoms with Gasteiger partial charge in [-0.2, -0.15) is 23.1 Å². The van der Waals surface area contributed by atoms with Gasteiger partial charge < -0.3 is 26.0 Å². The number of aromatic nitrogens is 3. The summed E-state index contributed by atoms with van der Waals surface area (Å²) in [5.41, 5.74) is 2.80. The Morgan fingerprint density at radius 2 is 1.82 bits per heavy atom. The highest BCUT2D eigenvalue weighted by atomic mass is 32.1. The smallest absolute Gasteiger partial charge is 0.417 e. The van der Waals surface area contributed by atoms with Gasteiger partial charge in [-0.15, -0.1) is 0 Å². The van der Waals surface area contributed by atoms with Crippen LogP contribution in [0.2, 0.25) is 0 Å². The molecule has 2 aromatic heterocycles. The number of ether oxygens (including phenoxy) is 1. The number of likely N-dealkylation sites (tertiary alicyclic amines) is 1. The zero-order valence-corrected chi connectivity index (χ0v) is 21.9. The average molecular weight is 568 g/mol.